The Labute approximate surface area is 116 Å². The van der Waals surface area contributed by atoms with Crippen molar-refractivity contribution >= 4 is 0 Å². The Bertz CT molecular complexity index is 103. The molecule has 2 fully saturated rings. The van der Waals surface area contributed by atoms with Crippen LogP contribution in [-0.4, -0.2) is 0 Å². The van der Waals surface area contributed by atoms with Crippen molar-refractivity contribution in [2.45, 2.75) is 51.9 Å². The average Bonchev–Trinajstić information content (AvgIpc) is 2.18. The first-order chi connectivity index (χ1) is 7.39. The first-order valence-corrected chi connectivity index (χ1v) is 6.18. The fraction of sp³-hybridized carbons (Fsp3) is 0.533. The molecule has 0 nitrogen and oxygen atoms in total. The van der Waals surface area contributed by atoms with E-state index in [1.54, 1.807) is 0 Å². The number of rotatable bonds is 0. The maximum absolute atomic E-state index is 2.27. The summed E-state index contributed by atoms with van der Waals surface area (Å²) in [6.45, 7) is 2.19. The maximum Gasteiger partial charge on any atom is 0 e. The van der Waals surface area contributed by atoms with Gasteiger partial charge in [0.05, 0.1) is 0 Å². The Morgan fingerprint density at radius 3 is 1.50 bits per heavy atom. The molecule has 0 bridgehead atoms. The van der Waals surface area contributed by atoms with E-state index < -0.39 is 0 Å². The molecule has 2 saturated carbocycles. The summed E-state index contributed by atoms with van der Waals surface area (Å²) in [4.78, 5) is 0. The minimum atomic E-state index is 0. The molecule has 8 radical (unpaired) electrons. The third-order valence-corrected chi connectivity index (χ3v) is 2.68. The minimum absolute atomic E-state index is 0. The van der Waals surface area contributed by atoms with Gasteiger partial charge in [-0.25, -0.2) is 0 Å². The Balaban J connectivity index is 0.000000267. The van der Waals surface area contributed by atoms with Gasteiger partial charge in [-0.05, 0) is 83.0 Å². The molecule has 92 valence electrons. The van der Waals surface area contributed by atoms with Crippen molar-refractivity contribution < 1.29 is 19.5 Å². The molecule has 0 spiro atoms. The molecule has 2 aliphatic rings. The van der Waals surface area contributed by atoms with Crippen LogP contribution in [0, 0.1) is 44.4 Å². The van der Waals surface area contributed by atoms with Crippen LogP contribution >= 0.6 is 0 Å². The molecule has 0 atom stereocenters. The van der Waals surface area contributed by atoms with Crippen molar-refractivity contribution in [3.63, 3.8) is 0 Å². The predicted molar refractivity (Wildman–Crippen MR) is 67.0 cm³/mol. The van der Waals surface area contributed by atoms with E-state index in [1.165, 1.54) is 50.9 Å². The second-order valence-corrected chi connectivity index (χ2v) is 4.24. The van der Waals surface area contributed by atoms with Crippen molar-refractivity contribution in [2.24, 2.45) is 0 Å². The quantitative estimate of drug-likeness (QED) is 0.576. The summed E-state index contributed by atoms with van der Waals surface area (Å²) < 4.78 is 0. The van der Waals surface area contributed by atoms with Gasteiger partial charge < -0.3 is 0 Å². The van der Waals surface area contributed by atoms with Gasteiger partial charge in [-0.3, -0.25) is 0 Å². The summed E-state index contributed by atoms with van der Waals surface area (Å²) >= 11 is 0. The van der Waals surface area contributed by atoms with Crippen molar-refractivity contribution in [3.8, 4) is 0 Å². The summed E-state index contributed by atoms with van der Waals surface area (Å²) in [5.74, 6) is 1.53. The zero-order valence-corrected chi connectivity index (χ0v) is 11.9. The van der Waals surface area contributed by atoms with E-state index in [2.05, 4.69) is 45.4 Å². The van der Waals surface area contributed by atoms with Crippen LogP contribution in [0.5, 0.6) is 0 Å². The van der Waals surface area contributed by atoms with E-state index in [1.807, 2.05) is 0 Å². The Morgan fingerprint density at radius 2 is 1.25 bits per heavy atom. The van der Waals surface area contributed by atoms with Crippen LogP contribution in [0.25, 0.3) is 0 Å². The monoisotopic (exact) mass is 306 g/mol. The summed E-state index contributed by atoms with van der Waals surface area (Å²) in [5.41, 5.74) is 0. The fourth-order valence-corrected chi connectivity index (χ4v) is 1.72. The second-order valence-electron chi connectivity index (χ2n) is 4.24. The Morgan fingerprint density at radius 1 is 0.750 bits per heavy atom. The fourth-order valence-electron chi connectivity index (χ4n) is 1.72. The molecule has 0 aromatic rings. The second kappa shape index (κ2) is 12.1. The van der Waals surface area contributed by atoms with Gasteiger partial charge in [0.1, 0.15) is 0 Å². The van der Waals surface area contributed by atoms with Crippen molar-refractivity contribution in [1.82, 2.24) is 0 Å². The van der Waals surface area contributed by atoms with Crippen LogP contribution in [0.15, 0.2) is 0 Å². The normalized spacial score (nSPS) is 23.1. The SMILES string of the molecule is C[C]1[CH][CH]CCC1.[CH]1[CH]CC[CH][CH]CC1.[Rh]. The summed E-state index contributed by atoms with van der Waals surface area (Å²) in [7, 11) is 0. The van der Waals surface area contributed by atoms with Crippen LogP contribution < -0.4 is 0 Å². The first-order valence-electron chi connectivity index (χ1n) is 6.18. The van der Waals surface area contributed by atoms with Gasteiger partial charge in [0.2, 0.25) is 0 Å². The van der Waals surface area contributed by atoms with E-state index in [0.717, 1.165) is 0 Å². The molecule has 0 aliphatic heterocycles. The molecule has 1 heteroatoms. The molecule has 0 aromatic heterocycles. The van der Waals surface area contributed by atoms with Gasteiger partial charge in [-0.1, -0.05) is 13.3 Å². The largest absolute Gasteiger partial charge is 0.0588 e. The first kappa shape index (κ1) is 16.6. The van der Waals surface area contributed by atoms with Gasteiger partial charge in [0.25, 0.3) is 0 Å². The molecule has 0 aromatic carbocycles. The van der Waals surface area contributed by atoms with Crippen LogP contribution in [0.4, 0.5) is 0 Å². The number of hydrogen-bond donors (Lipinski definition) is 0. The standard InChI is InChI=1S/C8H12.C7H11.Rh/c1-2-4-6-8-7-5-3-1;1-7-5-3-2-4-6-7;/h1-2,7-8H,3-6H2;3,5H,2,4,6H2,1H3;. The van der Waals surface area contributed by atoms with E-state index in [-0.39, 0.29) is 19.5 Å². The van der Waals surface area contributed by atoms with Crippen molar-refractivity contribution in [2.75, 3.05) is 0 Å². The van der Waals surface area contributed by atoms with Crippen LogP contribution in [0.3, 0.4) is 0 Å². The van der Waals surface area contributed by atoms with Gasteiger partial charge in [-0.15, -0.1) is 0 Å². The van der Waals surface area contributed by atoms with Gasteiger partial charge in [0.15, 0.2) is 0 Å². The Kier molecular flexibility index (Phi) is 12.6. The molecular weight excluding hydrogens is 283 g/mol. The molecule has 0 amide bonds. The molecule has 0 heterocycles. The van der Waals surface area contributed by atoms with Crippen molar-refractivity contribution in [1.29, 1.82) is 0 Å². The van der Waals surface area contributed by atoms with Gasteiger partial charge in [0, 0.05) is 19.5 Å². The predicted octanol–water partition coefficient (Wildman–Crippen LogP) is 4.55. The molecule has 16 heavy (non-hydrogen) atoms. The third-order valence-electron chi connectivity index (χ3n) is 2.68. The molecule has 2 aliphatic carbocycles. The molecular formula is C15H23Rh. The van der Waals surface area contributed by atoms with Crippen LogP contribution in [-0.2, 0) is 19.5 Å². The smallest absolute Gasteiger partial charge is 0 e. The summed E-state index contributed by atoms with van der Waals surface area (Å²) in [6, 6.07) is 0. The van der Waals surface area contributed by atoms with Crippen LogP contribution in [0.1, 0.15) is 51.9 Å². The van der Waals surface area contributed by atoms with Gasteiger partial charge >= 0.3 is 0 Å². The Hall–Kier alpha value is 0.623. The maximum atomic E-state index is 2.27. The van der Waals surface area contributed by atoms with E-state index in [4.69, 9.17) is 0 Å². The molecule has 0 unspecified atom stereocenters. The molecule has 0 saturated heterocycles. The van der Waals surface area contributed by atoms with E-state index in [9.17, 15) is 0 Å². The topological polar surface area (TPSA) is 0 Å². The van der Waals surface area contributed by atoms with Crippen molar-refractivity contribution in [3.05, 3.63) is 44.4 Å². The van der Waals surface area contributed by atoms with E-state index in [0.29, 0.717) is 0 Å². The molecule has 0 N–H and O–H groups in total. The number of hydrogen-bond acceptors (Lipinski definition) is 0. The average molecular weight is 306 g/mol. The zero-order valence-electron chi connectivity index (χ0n) is 10.2. The summed E-state index contributed by atoms with van der Waals surface area (Å²) in [5, 5.41) is 0. The zero-order chi connectivity index (χ0) is 10.8. The van der Waals surface area contributed by atoms with E-state index >= 15 is 0 Å². The van der Waals surface area contributed by atoms with Gasteiger partial charge in [-0.2, -0.15) is 0 Å². The minimum Gasteiger partial charge on any atom is -0.0588 e. The third kappa shape index (κ3) is 9.82. The van der Waals surface area contributed by atoms with Crippen LogP contribution in [0.2, 0.25) is 0 Å². The molecule has 2 rings (SSSR count). The summed E-state index contributed by atoms with van der Waals surface area (Å²) in [6.07, 6.45) is 22.4.